The molecule has 0 radical (unpaired) electrons. The molecule has 1 aliphatic rings. The van der Waals surface area contributed by atoms with Crippen LogP contribution in [0.4, 0.5) is 0 Å². The van der Waals surface area contributed by atoms with E-state index in [0.717, 1.165) is 25.7 Å². The highest BCUT2D eigenvalue weighted by Crippen LogP contribution is 2.27. The third-order valence-electron chi connectivity index (χ3n) is 2.62. The number of hydrogen-bond donors (Lipinski definition) is 6. The largest absolute Gasteiger partial charge is 0.394 e. The number of nitrogens with one attached hydrogen (secondary N) is 2. The first-order valence-corrected chi connectivity index (χ1v) is 6.13. The third kappa shape index (κ3) is 6.33. The zero-order chi connectivity index (χ0) is 12.8. The molecule has 8 nitrogen and oxygen atoms in total. The van der Waals surface area contributed by atoms with Gasteiger partial charge in [-0.25, -0.2) is 5.48 Å². The molecule has 0 aromatic rings. The van der Waals surface area contributed by atoms with Gasteiger partial charge in [0.2, 0.25) is 0 Å². The average Bonchev–Trinajstić information content (AvgIpc) is 2.16. The van der Waals surface area contributed by atoms with Crippen molar-refractivity contribution in [3.05, 3.63) is 0 Å². The number of hydrogen-bond acceptors (Lipinski definition) is 6. The average molecular weight is 258 g/mol. The Morgan fingerprint density at radius 2 is 1.75 bits per heavy atom. The predicted molar refractivity (Wildman–Crippen MR) is 54.7 cm³/mol. The van der Waals surface area contributed by atoms with E-state index < -0.39 is 10.4 Å². The van der Waals surface area contributed by atoms with Gasteiger partial charge in [0.05, 0.1) is 11.6 Å². The standard InChI is InChI=1S/C7H16N2O2.H2O4S/c1-7(9-11)5-3-2-4-6(7)8-10;1-5(2,3)4/h6,8-11H,2-5H2,1H3;(H2,1,2,3,4). The van der Waals surface area contributed by atoms with Crippen LogP contribution in [0.15, 0.2) is 0 Å². The second kappa shape index (κ2) is 6.45. The molecule has 1 aliphatic carbocycles. The molecule has 9 heteroatoms. The fraction of sp³-hybridized carbons (Fsp3) is 1.00. The number of hydroxylamine groups is 2. The van der Waals surface area contributed by atoms with Gasteiger partial charge in [-0.05, 0) is 19.8 Å². The highest BCUT2D eigenvalue weighted by atomic mass is 32.3. The molecule has 1 saturated carbocycles. The van der Waals surface area contributed by atoms with Crippen molar-refractivity contribution < 1.29 is 27.9 Å². The van der Waals surface area contributed by atoms with E-state index in [9.17, 15) is 0 Å². The van der Waals surface area contributed by atoms with Gasteiger partial charge in [-0.2, -0.15) is 13.9 Å². The van der Waals surface area contributed by atoms with Gasteiger partial charge in [0.25, 0.3) is 0 Å². The summed E-state index contributed by atoms with van der Waals surface area (Å²) in [6, 6.07) is -0.0405. The van der Waals surface area contributed by atoms with Crippen LogP contribution in [0.1, 0.15) is 32.6 Å². The lowest BCUT2D eigenvalue weighted by atomic mass is 9.80. The van der Waals surface area contributed by atoms with Crippen LogP contribution in [0.5, 0.6) is 0 Å². The van der Waals surface area contributed by atoms with Crippen LogP contribution in [0.2, 0.25) is 0 Å². The monoisotopic (exact) mass is 258 g/mol. The molecule has 1 fully saturated rings. The lowest BCUT2D eigenvalue weighted by Crippen LogP contribution is -2.57. The Labute approximate surface area is 94.2 Å². The van der Waals surface area contributed by atoms with Crippen molar-refractivity contribution >= 4 is 10.4 Å². The van der Waals surface area contributed by atoms with Crippen molar-refractivity contribution in [2.45, 2.75) is 44.2 Å². The van der Waals surface area contributed by atoms with E-state index in [0.29, 0.717) is 0 Å². The topological polar surface area (TPSA) is 139 Å². The van der Waals surface area contributed by atoms with Crippen LogP contribution < -0.4 is 11.0 Å². The summed E-state index contributed by atoms with van der Waals surface area (Å²) in [6.45, 7) is 1.90. The van der Waals surface area contributed by atoms with Crippen molar-refractivity contribution in [2.75, 3.05) is 0 Å². The van der Waals surface area contributed by atoms with Crippen LogP contribution in [-0.2, 0) is 10.4 Å². The molecule has 6 N–H and O–H groups in total. The van der Waals surface area contributed by atoms with Gasteiger partial charge in [-0.15, -0.1) is 0 Å². The van der Waals surface area contributed by atoms with Crippen molar-refractivity contribution in [3.63, 3.8) is 0 Å². The van der Waals surface area contributed by atoms with E-state index in [1.807, 2.05) is 6.92 Å². The molecule has 0 saturated heterocycles. The van der Waals surface area contributed by atoms with Crippen LogP contribution in [0.25, 0.3) is 0 Å². The summed E-state index contributed by atoms with van der Waals surface area (Å²) in [5.41, 5.74) is 4.11. The zero-order valence-corrected chi connectivity index (χ0v) is 9.74. The maximum atomic E-state index is 8.85. The Kier molecular flexibility index (Phi) is 6.33. The fourth-order valence-electron chi connectivity index (χ4n) is 1.67. The molecule has 98 valence electrons. The SMILES string of the molecule is CC1(NO)CCCCC1NO.O=S(=O)(O)O. The van der Waals surface area contributed by atoms with Gasteiger partial charge < -0.3 is 10.4 Å². The number of rotatable bonds is 2. The molecule has 1 rings (SSSR count). The minimum Gasteiger partial charge on any atom is -0.316 e. The molecule has 0 bridgehead atoms. The first-order chi connectivity index (χ1) is 7.23. The lowest BCUT2D eigenvalue weighted by molar-refractivity contribution is -0.0175. The molecule has 2 unspecified atom stereocenters. The molecule has 0 spiro atoms. The van der Waals surface area contributed by atoms with E-state index in [-0.39, 0.29) is 11.6 Å². The second-order valence-electron chi connectivity index (χ2n) is 3.90. The molecule has 0 aromatic carbocycles. The van der Waals surface area contributed by atoms with Gasteiger partial charge >= 0.3 is 10.4 Å². The van der Waals surface area contributed by atoms with Crippen LogP contribution in [-0.4, -0.2) is 39.5 Å². The summed E-state index contributed by atoms with van der Waals surface area (Å²) >= 11 is 0. The summed E-state index contributed by atoms with van der Waals surface area (Å²) in [5.74, 6) is 0. The molecule has 0 aromatic heterocycles. The Morgan fingerprint density at radius 3 is 2.06 bits per heavy atom. The molecular weight excluding hydrogens is 240 g/mol. The predicted octanol–water partition coefficient (Wildman–Crippen LogP) is -0.00750. The van der Waals surface area contributed by atoms with Crippen LogP contribution in [0.3, 0.4) is 0 Å². The Morgan fingerprint density at radius 1 is 1.25 bits per heavy atom. The summed E-state index contributed by atoms with van der Waals surface area (Å²) < 4.78 is 31.6. The summed E-state index contributed by atoms with van der Waals surface area (Å²) in [6.07, 6.45) is 4.00. The Balaban J connectivity index is 0.000000385. The van der Waals surface area contributed by atoms with Crippen molar-refractivity contribution in [2.24, 2.45) is 0 Å². The highest BCUT2D eigenvalue weighted by molar-refractivity contribution is 7.79. The maximum Gasteiger partial charge on any atom is 0.394 e. The van der Waals surface area contributed by atoms with Crippen LogP contribution >= 0.6 is 0 Å². The van der Waals surface area contributed by atoms with E-state index >= 15 is 0 Å². The lowest BCUT2D eigenvalue weighted by Gasteiger charge is -2.39. The first-order valence-electron chi connectivity index (χ1n) is 4.73. The van der Waals surface area contributed by atoms with E-state index in [1.54, 1.807) is 0 Å². The van der Waals surface area contributed by atoms with Gasteiger partial charge in [-0.1, -0.05) is 12.8 Å². The van der Waals surface area contributed by atoms with E-state index in [4.69, 9.17) is 27.9 Å². The van der Waals surface area contributed by atoms with Crippen molar-refractivity contribution in [1.82, 2.24) is 11.0 Å². The van der Waals surface area contributed by atoms with E-state index in [2.05, 4.69) is 11.0 Å². The fourth-order valence-corrected chi connectivity index (χ4v) is 1.67. The molecule has 0 aliphatic heterocycles. The van der Waals surface area contributed by atoms with Crippen molar-refractivity contribution in [1.29, 1.82) is 0 Å². The normalized spacial score (nSPS) is 30.4. The quantitative estimate of drug-likeness (QED) is 0.300. The Hall–Kier alpha value is -0.290. The summed E-state index contributed by atoms with van der Waals surface area (Å²) in [5, 5.41) is 17.6. The van der Waals surface area contributed by atoms with Gasteiger partial charge in [0, 0.05) is 0 Å². The minimum atomic E-state index is -4.67. The van der Waals surface area contributed by atoms with Gasteiger partial charge in [-0.3, -0.25) is 9.11 Å². The van der Waals surface area contributed by atoms with E-state index in [1.165, 1.54) is 0 Å². The smallest absolute Gasteiger partial charge is 0.316 e. The minimum absolute atomic E-state index is 0.0405. The Bertz CT molecular complexity index is 287. The molecule has 0 amide bonds. The molecule has 16 heavy (non-hydrogen) atoms. The van der Waals surface area contributed by atoms with Crippen molar-refractivity contribution in [3.8, 4) is 0 Å². The highest BCUT2D eigenvalue weighted by Gasteiger charge is 2.35. The maximum absolute atomic E-state index is 8.85. The van der Waals surface area contributed by atoms with Gasteiger partial charge in [0.1, 0.15) is 0 Å². The summed E-state index contributed by atoms with van der Waals surface area (Å²) in [7, 11) is -4.67. The molecule has 0 heterocycles. The third-order valence-corrected chi connectivity index (χ3v) is 2.62. The van der Waals surface area contributed by atoms with Crippen LogP contribution in [0, 0.1) is 0 Å². The second-order valence-corrected chi connectivity index (χ2v) is 4.80. The summed E-state index contributed by atoms with van der Waals surface area (Å²) in [4.78, 5) is 0. The molecular formula is C7H18N2O6S. The first kappa shape index (κ1) is 15.7. The molecule has 2 atom stereocenters. The van der Waals surface area contributed by atoms with Gasteiger partial charge in [0.15, 0.2) is 0 Å². The zero-order valence-electron chi connectivity index (χ0n) is 8.92.